The first-order valence-electron chi connectivity index (χ1n) is 10.6. The Hall–Kier alpha value is -3.64. The van der Waals surface area contributed by atoms with Crippen LogP contribution in [0.2, 0.25) is 5.15 Å². The second kappa shape index (κ2) is 10.5. The number of nitrogens with zero attached hydrogens (tertiary/aromatic N) is 5. The van der Waals surface area contributed by atoms with Crippen molar-refractivity contribution in [3.63, 3.8) is 0 Å². The first-order chi connectivity index (χ1) is 16.2. The third-order valence-corrected chi connectivity index (χ3v) is 5.69. The van der Waals surface area contributed by atoms with Gasteiger partial charge in [-0.2, -0.15) is 0 Å². The number of carbonyl (C=O) groups is 2. The fraction of sp³-hybridized carbons (Fsp3) is 0.381. The Bertz CT molecular complexity index is 1230. The van der Waals surface area contributed by atoms with E-state index in [-0.39, 0.29) is 41.5 Å². The number of nitrogens with two attached hydrogens (primary N) is 3. The smallest absolute Gasteiger partial charge is 0.277 e. The third kappa shape index (κ3) is 4.97. The van der Waals surface area contributed by atoms with Gasteiger partial charge >= 0.3 is 0 Å². The molecule has 0 saturated heterocycles. The second-order valence-electron chi connectivity index (χ2n) is 7.52. The molecule has 3 rings (SSSR count). The highest BCUT2D eigenvalue weighted by Gasteiger charge is 2.28. The number of aromatic nitrogens is 4. The summed E-state index contributed by atoms with van der Waals surface area (Å²) in [6.45, 7) is 3.50. The summed E-state index contributed by atoms with van der Waals surface area (Å²) >= 11 is 5.91. The SMILES string of the molecule is CCn1c(CNC(=O)c2nc(Cl)c(N)nc2N)[n+](CC(=O)N(C)CCN)c2ccc(OC)cc21. The van der Waals surface area contributed by atoms with E-state index < -0.39 is 5.91 Å². The number of benzene rings is 1. The molecule has 0 saturated carbocycles. The molecule has 2 amide bonds. The van der Waals surface area contributed by atoms with Gasteiger partial charge in [0, 0.05) is 26.2 Å². The lowest BCUT2D eigenvalue weighted by Crippen LogP contribution is -2.48. The Kier molecular flexibility index (Phi) is 7.74. The van der Waals surface area contributed by atoms with Crippen molar-refractivity contribution in [1.82, 2.24) is 24.8 Å². The van der Waals surface area contributed by atoms with Crippen LogP contribution in [-0.2, 0) is 24.4 Å². The van der Waals surface area contributed by atoms with Gasteiger partial charge in [0.05, 0.1) is 13.7 Å². The zero-order chi connectivity index (χ0) is 25.0. The Balaban J connectivity index is 2.01. The van der Waals surface area contributed by atoms with Crippen LogP contribution in [-0.4, -0.2) is 58.5 Å². The number of ether oxygens (including phenoxy) is 1. The van der Waals surface area contributed by atoms with Crippen molar-refractivity contribution in [1.29, 1.82) is 0 Å². The van der Waals surface area contributed by atoms with Crippen molar-refractivity contribution in [3.05, 3.63) is 34.9 Å². The molecule has 7 N–H and O–H groups in total. The normalized spacial score (nSPS) is 11.0. The molecule has 182 valence electrons. The van der Waals surface area contributed by atoms with Crippen molar-refractivity contribution in [2.75, 3.05) is 38.7 Å². The number of nitrogen functional groups attached to an aromatic ring is 2. The van der Waals surface area contributed by atoms with E-state index in [4.69, 9.17) is 33.5 Å². The number of carbonyl (C=O) groups excluding carboxylic acids is 2. The van der Waals surface area contributed by atoms with E-state index in [9.17, 15) is 9.59 Å². The Morgan fingerprint density at radius 2 is 2.00 bits per heavy atom. The van der Waals surface area contributed by atoms with Gasteiger partial charge in [0.2, 0.25) is 0 Å². The summed E-state index contributed by atoms with van der Waals surface area (Å²) < 4.78 is 9.24. The van der Waals surface area contributed by atoms with Gasteiger partial charge in [0.1, 0.15) is 12.3 Å². The molecule has 0 aliphatic rings. The van der Waals surface area contributed by atoms with Crippen molar-refractivity contribution >= 4 is 46.1 Å². The summed E-state index contributed by atoms with van der Waals surface area (Å²) in [6.07, 6.45) is 0. The molecular weight excluding hydrogens is 462 g/mol. The van der Waals surface area contributed by atoms with E-state index in [0.29, 0.717) is 31.2 Å². The van der Waals surface area contributed by atoms with Gasteiger partial charge in [-0.3, -0.25) is 9.59 Å². The zero-order valence-electron chi connectivity index (χ0n) is 19.3. The minimum atomic E-state index is -0.574. The van der Waals surface area contributed by atoms with E-state index in [1.54, 1.807) is 19.1 Å². The molecule has 13 heteroatoms. The second-order valence-corrected chi connectivity index (χ2v) is 7.88. The molecule has 2 aromatic heterocycles. The number of likely N-dealkylation sites (N-methyl/N-ethyl adjacent to an activating group) is 1. The van der Waals surface area contributed by atoms with Crippen LogP contribution in [0.4, 0.5) is 11.6 Å². The first-order valence-corrected chi connectivity index (χ1v) is 11.0. The lowest BCUT2D eigenvalue weighted by molar-refractivity contribution is -0.668. The Labute approximate surface area is 201 Å². The number of imidazole rings is 1. The molecule has 12 nitrogen and oxygen atoms in total. The average Bonchev–Trinajstić information content (AvgIpc) is 3.11. The van der Waals surface area contributed by atoms with Crippen LogP contribution in [0.15, 0.2) is 18.2 Å². The number of halogens is 1. The van der Waals surface area contributed by atoms with Crippen LogP contribution in [0.1, 0.15) is 23.2 Å². The van der Waals surface area contributed by atoms with Gasteiger partial charge < -0.3 is 32.2 Å². The summed E-state index contributed by atoms with van der Waals surface area (Å²) in [7, 11) is 3.29. The standard InChI is InChI=1S/C21H28ClN9O3/c1-4-30-14-9-12(34-3)5-6-13(14)31(11-16(32)29(2)8-7-23)15(30)10-26-21(33)17-19(24)28-20(25)18(22)27-17/h5-6,9H,4,7-8,10-11,23H2,1-3H3,(H4-,24,25,26,28,33)/p+1. The van der Waals surface area contributed by atoms with Gasteiger partial charge in [-0.25, -0.2) is 19.1 Å². The summed E-state index contributed by atoms with van der Waals surface area (Å²) in [4.78, 5) is 35.0. The predicted molar refractivity (Wildman–Crippen MR) is 128 cm³/mol. The number of methoxy groups -OCH3 is 1. The number of rotatable bonds is 9. The summed E-state index contributed by atoms with van der Waals surface area (Å²) in [5.41, 5.74) is 18.5. The van der Waals surface area contributed by atoms with Crippen molar-refractivity contribution < 1.29 is 18.9 Å². The maximum absolute atomic E-state index is 12.9. The molecule has 0 fully saturated rings. The average molecular weight is 491 g/mol. The Morgan fingerprint density at radius 1 is 1.26 bits per heavy atom. The molecule has 0 unspecified atom stereocenters. The molecular formula is C21H29ClN9O3+. The molecule has 0 aliphatic heterocycles. The lowest BCUT2D eigenvalue weighted by atomic mass is 10.3. The minimum Gasteiger partial charge on any atom is -0.497 e. The summed E-state index contributed by atoms with van der Waals surface area (Å²) in [5.74, 6) is 0.487. The molecule has 0 radical (unpaired) electrons. The van der Waals surface area contributed by atoms with Crippen molar-refractivity contribution in [3.8, 4) is 5.75 Å². The minimum absolute atomic E-state index is 0.0614. The number of anilines is 2. The molecule has 0 bridgehead atoms. The highest BCUT2D eigenvalue weighted by atomic mass is 35.5. The maximum Gasteiger partial charge on any atom is 0.277 e. The molecule has 34 heavy (non-hydrogen) atoms. The van der Waals surface area contributed by atoms with Crippen LogP contribution < -0.4 is 31.8 Å². The monoisotopic (exact) mass is 490 g/mol. The Morgan fingerprint density at radius 3 is 2.65 bits per heavy atom. The van der Waals surface area contributed by atoms with Crippen LogP contribution in [0.5, 0.6) is 5.75 Å². The van der Waals surface area contributed by atoms with Crippen LogP contribution in [0.3, 0.4) is 0 Å². The highest BCUT2D eigenvalue weighted by Crippen LogP contribution is 2.22. The van der Waals surface area contributed by atoms with Crippen molar-refractivity contribution in [2.45, 2.75) is 26.6 Å². The molecule has 1 aromatic carbocycles. The first kappa shape index (κ1) is 25.0. The van der Waals surface area contributed by atoms with E-state index in [1.807, 2.05) is 34.3 Å². The van der Waals surface area contributed by atoms with E-state index in [2.05, 4.69) is 15.3 Å². The van der Waals surface area contributed by atoms with Crippen LogP contribution in [0, 0.1) is 0 Å². The molecule has 0 spiro atoms. The van der Waals surface area contributed by atoms with Gasteiger partial charge in [0.25, 0.3) is 17.6 Å². The van der Waals surface area contributed by atoms with Crippen LogP contribution >= 0.6 is 11.6 Å². The molecule has 0 aliphatic carbocycles. The van der Waals surface area contributed by atoms with Crippen LogP contribution in [0.25, 0.3) is 11.0 Å². The predicted octanol–water partition coefficient (Wildman–Crippen LogP) is -0.0878. The largest absolute Gasteiger partial charge is 0.497 e. The highest BCUT2D eigenvalue weighted by molar-refractivity contribution is 6.31. The third-order valence-electron chi connectivity index (χ3n) is 5.41. The van der Waals surface area contributed by atoms with Gasteiger partial charge in [-0.1, -0.05) is 11.6 Å². The van der Waals surface area contributed by atoms with Gasteiger partial charge in [-0.15, -0.1) is 0 Å². The number of hydrogen-bond donors (Lipinski definition) is 4. The number of aryl methyl sites for hydroxylation is 1. The van der Waals surface area contributed by atoms with E-state index in [0.717, 1.165) is 11.0 Å². The fourth-order valence-corrected chi connectivity index (χ4v) is 3.77. The van der Waals surface area contributed by atoms with E-state index >= 15 is 0 Å². The molecule has 0 atom stereocenters. The number of fused-ring (bicyclic) bond motifs is 1. The summed E-state index contributed by atoms with van der Waals surface area (Å²) in [5, 5.41) is 2.68. The van der Waals surface area contributed by atoms with Gasteiger partial charge in [-0.05, 0) is 19.1 Å². The zero-order valence-corrected chi connectivity index (χ0v) is 20.1. The maximum atomic E-state index is 12.9. The number of amides is 2. The molecule has 2 heterocycles. The fourth-order valence-electron chi connectivity index (χ4n) is 3.64. The molecule has 3 aromatic rings. The van der Waals surface area contributed by atoms with Crippen molar-refractivity contribution in [2.24, 2.45) is 5.73 Å². The van der Waals surface area contributed by atoms with Gasteiger partial charge in [0.15, 0.2) is 40.1 Å². The summed E-state index contributed by atoms with van der Waals surface area (Å²) in [6, 6.07) is 5.59. The number of nitrogens with one attached hydrogen (secondary N) is 1. The topological polar surface area (TPSA) is 171 Å². The lowest BCUT2D eigenvalue weighted by Gasteiger charge is -2.15. The van der Waals surface area contributed by atoms with E-state index in [1.165, 1.54) is 0 Å². The number of hydrogen-bond acceptors (Lipinski definition) is 8. The quantitative estimate of drug-likeness (QED) is 0.301.